The Kier molecular flexibility index (Phi) is 3.09. The van der Waals surface area contributed by atoms with Crippen molar-refractivity contribution in [1.82, 2.24) is 4.90 Å². The molecule has 1 amide bonds. The van der Waals surface area contributed by atoms with Crippen molar-refractivity contribution >= 4 is 17.9 Å². The van der Waals surface area contributed by atoms with Crippen molar-refractivity contribution in [3.8, 4) is 0 Å². The molecule has 0 aromatic heterocycles. The highest BCUT2D eigenvalue weighted by Crippen LogP contribution is 2.37. The molecule has 0 bridgehead atoms. The van der Waals surface area contributed by atoms with Gasteiger partial charge in [0.05, 0.1) is 0 Å². The Morgan fingerprint density at radius 1 is 1.44 bits per heavy atom. The van der Waals surface area contributed by atoms with E-state index in [-0.39, 0.29) is 12.1 Å². The number of nitrogens with two attached hydrogens (primary N) is 1. The fraction of sp³-hybridized carbons (Fsp3) is 0.909. The van der Waals surface area contributed by atoms with Crippen LogP contribution in [0.25, 0.3) is 0 Å². The van der Waals surface area contributed by atoms with Crippen molar-refractivity contribution in [2.75, 3.05) is 18.8 Å². The van der Waals surface area contributed by atoms with Gasteiger partial charge in [0, 0.05) is 36.1 Å². The summed E-state index contributed by atoms with van der Waals surface area (Å²) >= 11 is 1.89. The quantitative estimate of drug-likeness (QED) is 0.698. The van der Waals surface area contributed by atoms with Crippen LogP contribution in [-0.4, -0.2) is 46.7 Å². The second kappa shape index (κ2) is 4.11. The Morgan fingerprint density at radius 2 is 2.12 bits per heavy atom. The van der Waals surface area contributed by atoms with E-state index in [0.29, 0.717) is 11.2 Å². The van der Waals surface area contributed by atoms with Gasteiger partial charge in [0.2, 0.25) is 0 Å². The minimum Gasteiger partial charge on any atom is -0.444 e. The van der Waals surface area contributed by atoms with E-state index in [9.17, 15) is 4.79 Å². The molecule has 2 fully saturated rings. The SMILES string of the molecule is CC(C)(C)OC(=O)N1CC2SCC(N)C2C1. The molecular formula is C11H20N2O2S. The fourth-order valence-corrected chi connectivity index (χ4v) is 3.76. The molecule has 0 spiro atoms. The van der Waals surface area contributed by atoms with Gasteiger partial charge in [-0.3, -0.25) is 0 Å². The number of thioether (sulfide) groups is 1. The summed E-state index contributed by atoms with van der Waals surface area (Å²) < 4.78 is 5.36. The van der Waals surface area contributed by atoms with Crippen molar-refractivity contribution in [3.05, 3.63) is 0 Å². The van der Waals surface area contributed by atoms with Crippen LogP contribution in [0.5, 0.6) is 0 Å². The predicted octanol–water partition coefficient (Wildman–Crippen LogP) is 1.30. The van der Waals surface area contributed by atoms with Gasteiger partial charge in [-0.05, 0) is 20.8 Å². The normalized spacial score (nSPS) is 34.0. The second-order valence-corrected chi connectivity index (χ2v) is 6.86. The Labute approximate surface area is 101 Å². The molecule has 2 aliphatic heterocycles. The topological polar surface area (TPSA) is 55.6 Å². The Bertz CT molecular complexity index is 290. The number of hydrogen-bond acceptors (Lipinski definition) is 4. The van der Waals surface area contributed by atoms with Gasteiger partial charge in [0.25, 0.3) is 0 Å². The standard InChI is InChI=1S/C11H20N2O2S/c1-11(2,3)15-10(14)13-4-7-8(12)6-16-9(7)5-13/h7-9H,4-6,12H2,1-3H3. The van der Waals surface area contributed by atoms with Crippen molar-refractivity contribution < 1.29 is 9.53 Å². The number of carbonyl (C=O) groups excluding carboxylic acids is 1. The zero-order valence-corrected chi connectivity index (χ0v) is 10.9. The maximum Gasteiger partial charge on any atom is 0.410 e. The number of ether oxygens (including phenoxy) is 1. The Morgan fingerprint density at radius 3 is 2.69 bits per heavy atom. The lowest BCUT2D eigenvalue weighted by atomic mass is 10.0. The maximum atomic E-state index is 11.9. The summed E-state index contributed by atoms with van der Waals surface area (Å²) in [6, 6.07) is 0.238. The van der Waals surface area contributed by atoms with Crippen molar-refractivity contribution in [1.29, 1.82) is 0 Å². The lowest BCUT2D eigenvalue weighted by Crippen LogP contribution is -2.38. The minimum atomic E-state index is -0.413. The number of carbonyl (C=O) groups is 1. The molecule has 0 radical (unpaired) electrons. The van der Waals surface area contributed by atoms with Crippen LogP contribution in [0.4, 0.5) is 4.79 Å². The summed E-state index contributed by atoms with van der Waals surface area (Å²) in [7, 11) is 0. The molecule has 5 heteroatoms. The maximum absolute atomic E-state index is 11.9. The highest BCUT2D eigenvalue weighted by atomic mass is 32.2. The largest absolute Gasteiger partial charge is 0.444 e. The number of hydrogen-bond donors (Lipinski definition) is 1. The van der Waals surface area contributed by atoms with Gasteiger partial charge in [-0.2, -0.15) is 11.8 Å². The van der Waals surface area contributed by atoms with Crippen molar-refractivity contribution in [2.24, 2.45) is 11.7 Å². The number of rotatable bonds is 0. The molecule has 0 saturated carbocycles. The number of amides is 1. The average Bonchev–Trinajstić information content (AvgIpc) is 2.65. The molecule has 0 aromatic rings. The fourth-order valence-electron chi connectivity index (χ4n) is 2.22. The first-order valence-electron chi connectivity index (χ1n) is 5.72. The third-order valence-electron chi connectivity index (χ3n) is 3.01. The molecule has 2 aliphatic rings. The molecule has 16 heavy (non-hydrogen) atoms. The van der Waals surface area contributed by atoms with Crippen LogP contribution in [-0.2, 0) is 4.74 Å². The van der Waals surface area contributed by atoms with E-state index in [1.54, 1.807) is 4.90 Å². The van der Waals surface area contributed by atoms with E-state index >= 15 is 0 Å². The van der Waals surface area contributed by atoms with Crippen LogP contribution in [0.15, 0.2) is 0 Å². The molecule has 3 atom stereocenters. The van der Waals surface area contributed by atoms with Crippen LogP contribution >= 0.6 is 11.8 Å². The summed E-state index contributed by atoms with van der Waals surface area (Å²) in [5, 5.41) is 0.516. The summed E-state index contributed by atoms with van der Waals surface area (Å²) in [5.41, 5.74) is 5.60. The van der Waals surface area contributed by atoms with E-state index in [1.807, 2.05) is 32.5 Å². The lowest BCUT2D eigenvalue weighted by Gasteiger charge is -2.25. The zero-order valence-electron chi connectivity index (χ0n) is 10.1. The second-order valence-electron chi connectivity index (χ2n) is 5.58. The minimum absolute atomic E-state index is 0.199. The highest BCUT2D eigenvalue weighted by Gasteiger charge is 2.44. The Hall–Kier alpha value is -0.420. The van der Waals surface area contributed by atoms with E-state index in [0.717, 1.165) is 18.8 Å². The molecule has 2 rings (SSSR count). The van der Waals surface area contributed by atoms with Gasteiger partial charge < -0.3 is 15.4 Å². The summed E-state index contributed by atoms with van der Waals surface area (Å²) in [5.74, 6) is 1.48. The average molecular weight is 244 g/mol. The smallest absolute Gasteiger partial charge is 0.410 e. The molecule has 0 aromatic carbocycles. The molecule has 3 unspecified atom stereocenters. The van der Waals surface area contributed by atoms with Crippen LogP contribution in [0.2, 0.25) is 0 Å². The molecule has 4 nitrogen and oxygen atoms in total. The zero-order chi connectivity index (χ0) is 11.9. The summed E-state index contributed by atoms with van der Waals surface area (Å²) in [6.07, 6.45) is -0.199. The van der Waals surface area contributed by atoms with E-state index in [4.69, 9.17) is 10.5 Å². The van der Waals surface area contributed by atoms with Gasteiger partial charge in [-0.15, -0.1) is 0 Å². The first-order chi connectivity index (χ1) is 7.37. The predicted molar refractivity (Wildman–Crippen MR) is 65.5 cm³/mol. The molecule has 2 heterocycles. The highest BCUT2D eigenvalue weighted by molar-refractivity contribution is 8.00. The number of fused-ring (bicyclic) bond motifs is 1. The van der Waals surface area contributed by atoms with E-state index in [2.05, 4.69) is 0 Å². The van der Waals surface area contributed by atoms with Crippen LogP contribution in [0.1, 0.15) is 20.8 Å². The van der Waals surface area contributed by atoms with Crippen molar-refractivity contribution in [2.45, 2.75) is 37.7 Å². The third-order valence-corrected chi connectivity index (χ3v) is 4.52. The van der Waals surface area contributed by atoms with Crippen LogP contribution < -0.4 is 5.73 Å². The van der Waals surface area contributed by atoms with E-state index in [1.165, 1.54) is 0 Å². The van der Waals surface area contributed by atoms with Crippen LogP contribution in [0, 0.1) is 5.92 Å². The van der Waals surface area contributed by atoms with Gasteiger partial charge in [0.1, 0.15) is 5.60 Å². The van der Waals surface area contributed by atoms with Gasteiger partial charge >= 0.3 is 6.09 Å². The molecule has 2 N–H and O–H groups in total. The molecule has 92 valence electrons. The first kappa shape index (κ1) is 12.0. The van der Waals surface area contributed by atoms with Crippen molar-refractivity contribution in [3.63, 3.8) is 0 Å². The summed E-state index contributed by atoms with van der Waals surface area (Å²) in [4.78, 5) is 13.7. The molecule has 0 aliphatic carbocycles. The Balaban J connectivity index is 1.92. The van der Waals surface area contributed by atoms with E-state index < -0.39 is 5.60 Å². The van der Waals surface area contributed by atoms with Gasteiger partial charge in [-0.25, -0.2) is 4.79 Å². The summed E-state index contributed by atoms with van der Waals surface area (Å²) in [6.45, 7) is 7.22. The van der Waals surface area contributed by atoms with Crippen LogP contribution in [0.3, 0.4) is 0 Å². The lowest BCUT2D eigenvalue weighted by molar-refractivity contribution is 0.0287. The number of nitrogens with zero attached hydrogens (tertiary/aromatic N) is 1. The van der Waals surface area contributed by atoms with Gasteiger partial charge in [0.15, 0.2) is 0 Å². The van der Waals surface area contributed by atoms with Gasteiger partial charge in [-0.1, -0.05) is 0 Å². The monoisotopic (exact) mass is 244 g/mol. The number of likely N-dealkylation sites (tertiary alicyclic amines) is 1. The third kappa shape index (κ3) is 2.46. The molecular weight excluding hydrogens is 224 g/mol. The first-order valence-corrected chi connectivity index (χ1v) is 6.77. The molecule has 2 saturated heterocycles.